The van der Waals surface area contributed by atoms with Crippen molar-refractivity contribution in [3.05, 3.63) is 35.5 Å². The maximum absolute atomic E-state index is 12.8. The first-order valence-corrected chi connectivity index (χ1v) is 7.79. The molecule has 1 atom stereocenters. The molecule has 3 heterocycles. The number of hydrogen-bond acceptors (Lipinski definition) is 7. The van der Waals surface area contributed by atoms with E-state index in [0.29, 0.717) is 23.8 Å². The number of likely N-dealkylation sites (tertiary alicyclic amines) is 1. The Hall–Kier alpha value is -2.35. The lowest BCUT2D eigenvalue weighted by atomic mass is 10.1. The molecule has 22 heavy (non-hydrogen) atoms. The fourth-order valence-electron chi connectivity index (χ4n) is 2.80. The first-order valence-electron chi connectivity index (χ1n) is 7.06. The average Bonchev–Trinajstić information content (AvgIpc) is 3.25. The van der Waals surface area contributed by atoms with Crippen LogP contribution in [0, 0.1) is 6.92 Å². The molecule has 1 saturated heterocycles. The Morgan fingerprint density at radius 3 is 3.05 bits per heavy atom. The third-order valence-electron chi connectivity index (χ3n) is 3.84. The summed E-state index contributed by atoms with van der Waals surface area (Å²) in [6.07, 6.45) is 1.77. The number of rotatable bonds is 2. The molecule has 1 fully saturated rings. The van der Waals surface area contributed by atoms with E-state index in [1.807, 2.05) is 6.07 Å². The molecule has 7 nitrogen and oxygen atoms in total. The van der Waals surface area contributed by atoms with E-state index in [-0.39, 0.29) is 11.9 Å². The summed E-state index contributed by atoms with van der Waals surface area (Å²) in [5, 5.41) is 3.82. The second-order valence-electron chi connectivity index (χ2n) is 5.30. The maximum Gasteiger partial charge on any atom is 0.254 e. The highest BCUT2D eigenvalue weighted by atomic mass is 32.1. The van der Waals surface area contributed by atoms with E-state index in [9.17, 15) is 4.79 Å². The van der Waals surface area contributed by atoms with Gasteiger partial charge in [-0.15, -0.1) is 0 Å². The van der Waals surface area contributed by atoms with Crippen LogP contribution in [0.4, 0.5) is 0 Å². The van der Waals surface area contributed by atoms with Crippen LogP contribution in [0.15, 0.2) is 22.7 Å². The van der Waals surface area contributed by atoms with Crippen molar-refractivity contribution < 1.29 is 9.32 Å². The summed E-state index contributed by atoms with van der Waals surface area (Å²) in [6.45, 7) is 2.47. The number of benzene rings is 1. The minimum absolute atomic E-state index is 0.0340. The molecule has 4 rings (SSSR count). The topological polar surface area (TPSA) is 85.0 Å². The van der Waals surface area contributed by atoms with Crippen LogP contribution in [0.1, 0.15) is 41.0 Å². The molecular weight excluding hydrogens is 302 g/mol. The standard InChI is InChI=1S/C14H13N5O2S/c1-8-15-13(21-16-8)12-3-2-6-19(12)14(20)9-4-5-10-11(7-9)18-22-17-10/h4-5,7,12H,2-3,6H2,1H3. The van der Waals surface area contributed by atoms with E-state index in [0.717, 1.165) is 35.6 Å². The van der Waals surface area contributed by atoms with Crippen LogP contribution in [-0.2, 0) is 0 Å². The van der Waals surface area contributed by atoms with Crippen LogP contribution in [-0.4, -0.2) is 36.2 Å². The Morgan fingerprint density at radius 1 is 1.36 bits per heavy atom. The first kappa shape index (κ1) is 13.3. The van der Waals surface area contributed by atoms with Crippen LogP contribution >= 0.6 is 11.7 Å². The average molecular weight is 315 g/mol. The molecule has 1 amide bonds. The van der Waals surface area contributed by atoms with Crippen molar-refractivity contribution >= 4 is 28.7 Å². The molecule has 0 spiro atoms. The summed E-state index contributed by atoms with van der Waals surface area (Å²) in [5.74, 6) is 1.07. The van der Waals surface area contributed by atoms with E-state index < -0.39 is 0 Å². The van der Waals surface area contributed by atoms with Gasteiger partial charge in [0, 0.05) is 12.1 Å². The monoisotopic (exact) mass is 315 g/mol. The highest BCUT2D eigenvalue weighted by molar-refractivity contribution is 7.00. The minimum Gasteiger partial charge on any atom is -0.337 e. The van der Waals surface area contributed by atoms with Gasteiger partial charge in [-0.2, -0.15) is 13.7 Å². The SMILES string of the molecule is Cc1noc(C2CCCN2C(=O)c2ccc3nsnc3c2)n1. The Morgan fingerprint density at radius 2 is 2.23 bits per heavy atom. The molecule has 0 bridgehead atoms. The normalized spacial score (nSPS) is 18.2. The highest BCUT2D eigenvalue weighted by Crippen LogP contribution is 2.32. The Labute approximate surface area is 130 Å². The molecule has 1 unspecified atom stereocenters. The van der Waals surface area contributed by atoms with Crippen molar-refractivity contribution in [2.75, 3.05) is 6.54 Å². The molecule has 112 valence electrons. The summed E-state index contributed by atoms with van der Waals surface area (Å²) in [6, 6.07) is 5.27. The zero-order valence-electron chi connectivity index (χ0n) is 11.9. The second kappa shape index (κ2) is 5.13. The summed E-state index contributed by atoms with van der Waals surface area (Å²) in [7, 11) is 0. The van der Waals surface area contributed by atoms with E-state index in [1.165, 1.54) is 0 Å². The molecule has 2 aromatic heterocycles. The zero-order valence-corrected chi connectivity index (χ0v) is 12.7. The Kier molecular flexibility index (Phi) is 3.11. The van der Waals surface area contributed by atoms with Gasteiger partial charge in [0.1, 0.15) is 17.1 Å². The van der Waals surface area contributed by atoms with Gasteiger partial charge in [-0.1, -0.05) is 5.16 Å². The van der Waals surface area contributed by atoms with Gasteiger partial charge in [0.05, 0.1) is 11.7 Å². The van der Waals surface area contributed by atoms with Crippen molar-refractivity contribution in [2.24, 2.45) is 0 Å². The predicted molar refractivity (Wildman–Crippen MR) is 79.5 cm³/mol. The summed E-state index contributed by atoms with van der Waals surface area (Å²) < 4.78 is 13.6. The van der Waals surface area contributed by atoms with E-state index in [1.54, 1.807) is 24.0 Å². The van der Waals surface area contributed by atoms with Gasteiger partial charge in [0.15, 0.2) is 5.82 Å². The third kappa shape index (κ3) is 2.16. The molecule has 0 N–H and O–H groups in total. The number of hydrogen-bond donors (Lipinski definition) is 0. The number of carbonyl (C=O) groups is 1. The smallest absolute Gasteiger partial charge is 0.254 e. The van der Waals surface area contributed by atoms with Crippen molar-refractivity contribution in [3.63, 3.8) is 0 Å². The van der Waals surface area contributed by atoms with Crippen LogP contribution in [0.25, 0.3) is 11.0 Å². The van der Waals surface area contributed by atoms with E-state index in [4.69, 9.17) is 4.52 Å². The molecule has 3 aromatic rings. The first-order chi connectivity index (χ1) is 10.7. The number of nitrogens with zero attached hydrogens (tertiary/aromatic N) is 5. The van der Waals surface area contributed by atoms with Crippen LogP contribution < -0.4 is 0 Å². The van der Waals surface area contributed by atoms with Gasteiger partial charge in [0.2, 0.25) is 5.89 Å². The minimum atomic E-state index is -0.141. The van der Waals surface area contributed by atoms with Gasteiger partial charge in [-0.3, -0.25) is 4.79 Å². The Bertz CT molecular complexity index is 843. The Balaban J connectivity index is 1.65. The molecule has 1 aromatic carbocycles. The maximum atomic E-state index is 12.8. The highest BCUT2D eigenvalue weighted by Gasteiger charge is 2.34. The predicted octanol–water partition coefficient (Wildman–Crippen LogP) is 2.36. The number of aromatic nitrogens is 4. The van der Waals surface area contributed by atoms with Gasteiger partial charge < -0.3 is 9.42 Å². The molecule has 0 radical (unpaired) electrons. The van der Waals surface area contributed by atoms with E-state index in [2.05, 4.69) is 18.9 Å². The van der Waals surface area contributed by atoms with Crippen LogP contribution in [0.3, 0.4) is 0 Å². The quantitative estimate of drug-likeness (QED) is 0.721. The van der Waals surface area contributed by atoms with Gasteiger partial charge >= 0.3 is 0 Å². The largest absolute Gasteiger partial charge is 0.337 e. The second-order valence-corrected chi connectivity index (χ2v) is 5.83. The van der Waals surface area contributed by atoms with Gasteiger partial charge in [0.25, 0.3) is 5.91 Å². The van der Waals surface area contributed by atoms with Crippen molar-refractivity contribution in [3.8, 4) is 0 Å². The van der Waals surface area contributed by atoms with Crippen molar-refractivity contribution in [1.29, 1.82) is 0 Å². The lowest BCUT2D eigenvalue weighted by Gasteiger charge is -2.21. The number of fused-ring (bicyclic) bond motifs is 1. The third-order valence-corrected chi connectivity index (χ3v) is 4.40. The summed E-state index contributed by atoms with van der Waals surface area (Å²) >= 11 is 1.15. The lowest BCUT2D eigenvalue weighted by Crippen LogP contribution is -2.30. The molecule has 1 aliphatic rings. The molecular formula is C14H13N5O2S. The van der Waals surface area contributed by atoms with Gasteiger partial charge in [-0.05, 0) is 38.0 Å². The van der Waals surface area contributed by atoms with Crippen molar-refractivity contribution in [2.45, 2.75) is 25.8 Å². The number of aryl methyl sites for hydroxylation is 1. The van der Waals surface area contributed by atoms with Gasteiger partial charge in [-0.25, -0.2) is 0 Å². The summed E-state index contributed by atoms with van der Waals surface area (Å²) in [5.41, 5.74) is 2.18. The zero-order chi connectivity index (χ0) is 15.1. The number of amides is 1. The van der Waals surface area contributed by atoms with E-state index >= 15 is 0 Å². The molecule has 1 aliphatic heterocycles. The molecule has 0 aliphatic carbocycles. The lowest BCUT2D eigenvalue weighted by molar-refractivity contribution is 0.0710. The van der Waals surface area contributed by atoms with Crippen molar-refractivity contribution in [1.82, 2.24) is 23.8 Å². The molecule has 0 saturated carbocycles. The number of carbonyl (C=O) groups excluding carboxylic acids is 1. The fourth-order valence-corrected chi connectivity index (χ4v) is 3.31. The van der Waals surface area contributed by atoms with Crippen LogP contribution in [0.2, 0.25) is 0 Å². The fraction of sp³-hybridized carbons (Fsp3) is 0.357. The summed E-state index contributed by atoms with van der Waals surface area (Å²) in [4.78, 5) is 18.9. The molecule has 8 heteroatoms. The van der Waals surface area contributed by atoms with Crippen LogP contribution in [0.5, 0.6) is 0 Å².